The van der Waals surface area contributed by atoms with Crippen molar-refractivity contribution in [1.29, 1.82) is 0 Å². The number of hydrogen-bond donors (Lipinski definition) is 0. The van der Waals surface area contributed by atoms with Gasteiger partial charge in [-0.15, -0.1) is 0 Å². The van der Waals surface area contributed by atoms with E-state index < -0.39 is 0 Å². The van der Waals surface area contributed by atoms with Crippen molar-refractivity contribution in [2.75, 3.05) is 0 Å². The van der Waals surface area contributed by atoms with Crippen LogP contribution in [0.3, 0.4) is 0 Å². The highest BCUT2D eigenvalue weighted by Gasteiger charge is 2.28. The van der Waals surface area contributed by atoms with E-state index in [1.54, 1.807) is 6.33 Å². The van der Waals surface area contributed by atoms with Gasteiger partial charge in [0.05, 0.1) is 0 Å². The lowest BCUT2D eigenvalue weighted by Crippen LogP contribution is -2.21. The van der Waals surface area contributed by atoms with Crippen molar-refractivity contribution < 1.29 is 0 Å². The maximum absolute atomic E-state index is 4.45. The molecule has 1 aromatic heterocycles. The van der Waals surface area contributed by atoms with Crippen molar-refractivity contribution in [3.8, 4) is 0 Å². The van der Waals surface area contributed by atoms with Gasteiger partial charge in [0.25, 0.3) is 0 Å². The summed E-state index contributed by atoms with van der Waals surface area (Å²) in [5.41, 5.74) is 2.94. The van der Waals surface area contributed by atoms with E-state index in [4.69, 9.17) is 0 Å². The quantitative estimate of drug-likeness (QED) is 0.793. The first-order chi connectivity index (χ1) is 9.79. The van der Waals surface area contributed by atoms with Crippen molar-refractivity contribution in [2.24, 2.45) is 5.92 Å². The number of aromatic nitrogens is 3. The number of benzene rings is 1. The normalized spacial score (nSPS) is 21.7. The molecule has 2 atom stereocenters. The Hall–Kier alpha value is -1.16. The van der Waals surface area contributed by atoms with Crippen LogP contribution in [0.1, 0.15) is 41.5 Å². The number of alkyl halides is 1. The Bertz CT molecular complexity index is 579. The molecule has 0 bridgehead atoms. The maximum Gasteiger partial charge on any atom is 0.138 e. The first kappa shape index (κ1) is 13.8. The molecule has 1 aromatic carbocycles. The van der Waals surface area contributed by atoms with E-state index in [1.165, 1.54) is 24.0 Å². The van der Waals surface area contributed by atoms with E-state index in [-0.39, 0.29) is 0 Å². The summed E-state index contributed by atoms with van der Waals surface area (Å²) in [5.74, 6) is 1.73. The van der Waals surface area contributed by atoms with E-state index in [9.17, 15) is 0 Å². The fraction of sp³-hybridized carbons (Fsp3) is 0.500. The fourth-order valence-corrected chi connectivity index (χ4v) is 3.95. The van der Waals surface area contributed by atoms with E-state index >= 15 is 0 Å². The second-order valence-electron chi connectivity index (χ2n) is 5.50. The van der Waals surface area contributed by atoms with Gasteiger partial charge in [0.1, 0.15) is 12.2 Å². The van der Waals surface area contributed by atoms with E-state index in [2.05, 4.69) is 61.9 Å². The molecule has 20 heavy (non-hydrogen) atoms. The lowest BCUT2D eigenvalue weighted by molar-refractivity contribution is 0.426. The number of hydrogen-bond acceptors (Lipinski definition) is 2. The Morgan fingerprint density at radius 3 is 3.05 bits per heavy atom. The minimum Gasteiger partial charge on any atom is -0.250 e. The summed E-state index contributed by atoms with van der Waals surface area (Å²) in [5, 5.41) is 4.33. The van der Waals surface area contributed by atoms with Gasteiger partial charge in [-0.3, -0.25) is 4.68 Å². The van der Waals surface area contributed by atoms with Crippen LogP contribution in [0.2, 0.25) is 0 Å². The maximum atomic E-state index is 4.45. The molecule has 0 fully saturated rings. The number of rotatable bonds is 4. The van der Waals surface area contributed by atoms with Crippen molar-refractivity contribution >= 4 is 15.9 Å². The van der Waals surface area contributed by atoms with Gasteiger partial charge in [-0.1, -0.05) is 47.1 Å². The highest BCUT2D eigenvalue weighted by Crippen LogP contribution is 2.41. The number of aryl methyl sites for hydroxylation is 2. The highest BCUT2D eigenvalue weighted by atomic mass is 79.9. The first-order valence-electron chi connectivity index (χ1n) is 7.38. The standard InChI is InChI=1S/C16H20BrN3/c1-2-9-20-15(18-11-19-20)10-13-8-7-12-5-3-4-6-14(12)16(13)17/h3-6,11,13,16H,2,7-10H2,1H3. The van der Waals surface area contributed by atoms with Gasteiger partial charge >= 0.3 is 0 Å². The average Bonchev–Trinajstić information content (AvgIpc) is 2.90. The summed E-state index contributed by atoms with van der Waals surface area (Å²) >= 11 is 3.91. The molecule has 1 heterocycles. The highest BCUT2D eigenvalue weighted by molar-refractivity contribution is 9.09. The third-order valence-corrected chi connectivity index (χ3v) is 5.37. The van der Waals surface area contributed by atoms with E-state index in [1.807, 2.05) is 0 Å². The first-order valence-corrected chi connectivity index (χ1v) is 8.29. The topological polar surface area (TPSA) is 30.7 Å². The van der Waals surface area contributed by atoms with Crippen LogP contribution in [-0.4, -0.2) is 14.8 Å². The summed E-state index contributed by atoms with van der Waals surface area (Å²) in [6.07, 6.45) is 6.17. The molecule has 0 N–H and O–H groups in total. The van der Waals surface area contributed by atoms with E-state index in [0.717, 1.165) is 25.2 Å². The van der Waals surface area contributed by atoms with Crippen LogP contribution in [0.5, 0.6) is 0 Å². The molecule has 2 unspecified atom stereocenters. The lowest BCUT2D eigenvalue weighted by Gasteiger charge is -2.29. The van der Waals surface area contributed by atoms with Crippen LogP contribution in [-0.2, 0) is 19.4 Å². The predicted octanol–water partition coefficient (Wildman–Crippen LogP) is 3.93. The molecule has 4 heteroatoms. The monoisotopic (exact) mass is 333 g/mol. The molecule has 1 aliphatic carbocycles. The van der Waals surface area contributed by atoms with Crippen LogP contribution in [0.25, 0.3) is 0 Å². The second-order valence-corrected chi connectivity index (χ2v) is 6.49. The van der Waals surface area contributed by atoms with Crippen molar-refractivity contribution in [1.82, 2.24) is 14.8 Å². The van der Waals surface area contributed by atoms with Crippen LogP contribution in [0.4, 0.5) is 0 Å². The molecule has 0 spiro atoms. The minimum atomic E-state index is 0.430. The molecule has 3 nitrogen and oxygen atoms in total. The Balaban J connectivity index is 1.77. The lowest BCUT2D eigenvalue weighted by atomic mass is 9.82. The SMILES string of the molecule is CCCn1ncnc1CC1CCc2ccccc2C1Br. The van der Waals surface area contributed by atoms with Gasteiger partial charge in [0.15, 0.2) is 0 Å². The number of halogens is 1. The Morgan fingerprint density at radius 2 is 2.20 bits per heavy atom. The summed E-state index contributed by atoms with van der Waals surface area (Å²) in [6, 6.07) is 8.77. The van der Waals surface area contributed by atoms with Crippen molar-refractivity contribution in [3.63, 3.8) is 0 Å². The third kappa shape index (κ3) is 2.66. The molecule has 0 aliphatic heterocycles. The van der Waals surface area contributed by atoms with Gasteiger partial charge in [0.2, 0.25) is 0 Å². The van der Waals surface area contributed by atoms with Gasteiger partial charge in [-0.2, -0.15) is 5.10 Å². The molecule has 1 aliphatic rings. The summed E-state index contributed by atoms with van der Waals surface area (Å²) in [7, 11) is 0. The van der Waals surface area contributed by atoms with Crippen LogP contribution in [0, 0.1) is 5.92 Å². The third-order valence-electron chi connectivity index (χ3n) is 4.13. The number of fused-ring (bicyclic) bond motifs is 1. The Kier molecular flexibility index (Phi) is 4.20. The Morgan fingerprint density at radius 1 is 1.35 bits per heavy atom. The summed E-state index contributed by atoms with van der Waals surface area (Å²) in [6.45, 7) is 3.14. The van der Waals surface area contributed by atoms with Gasteiger partial charge in [-0.05, 0) is 36.3 Å². The second kappa shape index (κ2) is 6.08. The smallest absolute Gasteiger partial charge is 0.138 e. The molecule has 106 valence electrons. The molecular weight excluding hydrogens is 314 g/mol. The average molecular weight is 334 g/mol. The summed E-state index contributed by atoms with van der Waals surface area (Å²) in [4.78, 5) is 4.88. The van der Waals surface area contributed by atoms with Gasteiger partial charge in [0, 0.05) is 17.8 Å². The molecule has 2 aromatic rings. The zero-order valence-electron chi connectivity index (χ0n) is 11.8. The molecule has 3 rings (SSSR count). The largest absolute Gasteiger partial charge is 0.250 e. The molecule has 0 radical (unpaired) electrons. The molecule has 0 amide bonds. The molecular formula is C16H20BrN3. The minimum absolute atomic E-state index is 0.430. The zero-order valence-corrected chi connectivity index (χ0v) is 13.4. The predicted molar refractivity (Wildman–Crippen MR) is 83.9 cm³/mol. The van der Waals surface area contributed by atoms with Gasteiger partial charge in [-0.25, -0.2) is 4.98 Å². The zero-order chi connectivity index (χ0) is 13.9. The Labute approximate surface area is 128 Å². The molecule has 0 saturated carbocycles. The van der Waals surface area contributed by atoms with Crippen molar-refractivity contribution in [3.05, 3.63) is 47.5 Å². The van der Waals surface area contributed by atoms with Crippen LogP contribution >= 0.6 is 15.9 Å². The fourth-order valence-electron chi connectivity index (χ4n) is 3.06. The summed E-state index contributed by atoms with van der Waals surface area (Å²) < 4.78 is 2.06. The number of nitrogens with zero attached hydrogens (tertiary/aromatic N) is 3. The van der Waals surface area contributed by atoms with Gasteiger partial charge < -0.3 is 0 Å². The van der Waals surface area contributed by atoms with Crippen LogP contribution < -0.4 is 0 Å². The molecule has 0 saturated heterocycles. The van der Waals surface area contributed by atoms with Crippen LogP contribution in [0.15, 0.2) is 30.6 Å². The van der Waals surface area contributed by atoms with Crippen molar-refractivity contribution in [2.45, 2.75) is 44.0 Å². The van der Waals surface area contributed by atoms with E-state index in [0.29, 0.717) is 10.7 Å².